The Hall–Kier alpha value is -1.90. The number of nitrogens with zero attached hydrogens (tertiary/aromatic N) is 2. The van der Waals surface area contributed by atoms with Crippen molar-refractivity contribution in [1.29, 1.82) is 0 Å². The molecule has 0 saturated carbocycles. The van der Waals surface area contributed by atoms with Gasteiger partial charge in [0.1, 0.15) is 0 Å². The molecule has 1 aromatic heterocycles. The minimum absolute atomic E-state index is 0.100. The molecule has 0 bridgehead atoms. The van der Waals surface area contributed by atoms with Crippen molar-refractivity contribution in [1.82, 2.24) is 4.68 Å². The van der Waals surface area contributed by atoms with Gasteiger partial charge in [-0.25, -0.2) is 0 Å². The van der Waals surface area contributed by atoms with E-state index in [4.69, 9.17) is 0 Å². The molecule has 2 aromatic rings. The third-order valence-electron chi connectivity index (χ3n) is 2.89. The number of amides is 1. The molecule has 0 unspecified atom stereocenters. The average Bonchev–Trinajstić information content (AvgIpc) is 2.70. The number of carbonyl (C=O) groups excluding carboxylic acids is 1. The van der Waals surface area contributed by atoms with Crippen molar-refractivity contribution in [3.8, 4) is 0 Å². The van der Waals surface area contributed by atoms with E-state index in [0.717, 1.165) is 11.4 Å². The molecule has 1 amide bonds. The third kappa shape index (κ3) is 2.82. The van der Waals surface area contributed by atoms with Gasteiger partial charge in [-0.3, -0.25) is 25.0 Å². The molecule has 0 fully saturated rings. The topological polar surface area (TPSA) is 77.2 Å². The normalized spacial score (nSPS) is 10.3. The Kier molecular flexibility index (Phi) is 4.07. The highest BCUT2D eigenvalue weighted by Crippen LogP contribution is 2.20. The van der Waals surface area contributed by atoms with E-state index in [1.165, 1.54) is 12.1 Å². The van der Waals surface area contributed by atoms with Gasteiger partial charge in [-0.05, 0) is 54.6 Å². The van der Waals surface area contributed by atoms with Crippen molar-refractivity contribution >= 4 is 34.2 Å². The summed E-state index contributed by atoms with van der Waals surface area (Å²) in [4.78, 5) is 22.5. The van der Waals surface area contributed by atoms with Gasteiger partial charge < -0.3 is 0 Å². The summed E-state index contributed by atoms with van der Waals surface area (Å²) in [6.45, 7) is 3.73. The van der Waals surface area contributed by atoms with Crippen LogP contribution in [-0.4, -0.2) is 15.5 Å². The number of hydrogen-bond acceptors (Lipinski definition) is 3. The Bertz CT molecular complexity index is 675. The highest BCUT2D eigenvalue weighted by atomic mass is 127. The van der Waals surface area contributed by atoms with Crippen molar-refractivity contribution in [3.63, 3.8) is 0 Å². The van der Waals surface area contributed by atoms with Gasteiger partial charge in [-0.15, -0.1) is 0 Å². The Morgan fingerprint density at radius 3 is 2.40 bits per heavy atom. The smallest absolute Gasteiger partial charge is 0.267 e. The first kappa shape index (κ1) is 14.5. The zero-order valence-electron chi connectivity index (χ0n) is 10.9. The standard InChI is InChI=1S/C13H12IN3O3/c1-8-3-4-9(2)16(8)15-13(18)11-7-10(17(19)20)5-6-12(11)14/h3-7H,1-2H3,(H,15,18). The SMILES string of the molecule is Cc1ccc(C)n1NC(=O)c1cc([N+](=O)[O-])ccc1I. The number of hydrogen-bond donors (Lipinski definition) is 1. The molecule has 7 heteroatoms. The number of rotatable bonds is 3. The Morgan fingerprint density at radius 1 is 1.25 bits per heavy atom. The summed E-state index contributed by atoms with van der Waals surface area (Å²) < 4.78 is 2.31. The van der Waals surface area contributed by atoms with E-state index in [2.05, 4.69) is 5.43 Å². The predicted octanol–water partition coefficient (Wildman–Crippen LogP) is 3.00. The van der Waals surface area contributed by atoms with E-state index in [1.54, 1.807) is 10.7 Å². The van der Waals surface area contributed by atoms with E-state index in [0.29, 0.717) is 3.57 Å². The second-order valence-corrected chi connectivity index (χ2v) is 5.48. The molecule has 0 aliphatic carbocycles. The van der Waals surface area contributed by atoms with Gasteiger partial charge in [-0.2, -0.15) is 0 Å². The van der Waals surface area contributed by atoms with Crippen LogP contribution in [0.25, 0.3) is 0 Å². The summed E-state index contributed by atoms with van der Waals surface area (Å²) in [7, 11) is 0. The summed E-state index contributed by atoms with van der Waals surface area (Å²) in [5.41, 5.74) is 4.69. The lowest BCUT2D eigenvalue weighted by Gasteiger charge is -2.12. The molecule has 2 rings (SSSR count). The van der Waals surface area contributed by atoms with Crippen molar-refractivity contribution in [2.45, 2.75) is 13.8 Å². The molecule has 0 aliphatic rings. The van der Waals surface area contributed by atoms with Gasteiger partial charge in [0, 0.05) is 27.1 Å². The second-order valence-electron chi connectivity index (χ2n) is 4.31. The summed E-state index contributed by atoms with van der Waals surface area (Å²) in [6, 6.07) is 7.99. The largest absolute Gasteiger partial charge is 0.271 e. The van der Waals surface area contributed by atoms with Crippen LogP contribution in [0.1, 0.15) is 21.7 Å². The number of aromatic nitrogens is 1. The van der Waals surface area contributed by atoms with Gasteiger partial charge in [0.15, 0.2) is 0 Å². The maximum atomic E-state index is 12.3. The maximum absolute atomic E-state index is 12.3. The number of carbonyl (C=O) groups is 1. The molecule has 20 heavy (non-hydrogen) atoms. The van der Waals surface area contributed by atoms with Crippen LogP contribution in [0, 0.1) is 27.5 Å². The van der Waals surface area contributed by atoms with Crippen LogP contribution in [0.2, 0.25) is 0 Å². The van der Waals surface area contributed by atoms with Crippen LogP contribution in [0.3, 0.4) is 0 Å². The molecule has 104 valence electrons. The number of aryl methyl sites for hydroxylation is 2. The zero-order chi connectivity index (χ0) is 14.9. The number of nitro benzene ring substituents is 1. The molecule has 0 saturated heterocycles. The molecule has 0 aliphatic heterocycles. The van der Waals surface area contributed by atoms with Crippen LogP contribution >= 0.6 is 22.6 Å². The van der Waals surface area contributed by atoms with E-state index >= 15 is 0 Å². The van der Waals surface area contributed by atoms with Crippen molar-refractivity contribution in [3.05, 3.63) is 61.0 Å². The van der Waals surface area contributed by atoms with Crippen LogP contribution in [-0.2, 0) is 0 Å². The number of non-ortho nitro benzene ring substituents is 1. The fourth-order valence-electron chi connectivity index (χ4n) is 1.81. The number of halogens is 1. The lowest BCUT2D eigenvalue weighted by Crippen LogP contribution is -2.25. The molecular formula is C13H12IN3O3. The fourth-order valence-corrected chi connectivity index (χ4v) is 2.39. The minimum Gasteiger partial charge on any atom is -0.267 e. The summed E-state index contributed by atoms with van der Waals surface area (Å²) in [5, 5.41) is 10.8. The number of nitrogens with one attached hydrogen (secondary N) is 1. The Morgan fingerprint density at radius 2 is 1.85 bits per heavy atom. The van der Waals surface area contributed by atoms with Crippen LogP contribution in [0.15, 0.2) is 30.3 Å². The van der Waals surface area contributed by atoms with Crippen LogP contribution < -0.4 is 5.43 Å². The summed E-state index contributed by atoms with van der Waals surface area (Å²) in [6.07, 6.45) is 0. The monoisotopic (exact) mass is 385 g/mol. The zero-order valence-corrected chi connectivity index (χ0v) is 13.0. The first-order valence-corrected chi connectivity index (χ1v) is 6.88. The molecule has 1 N–H and O–H groups in total. The molecular weight excluding hydrogens is 373 g/mol. The summed E-state index contributed by atoms with van der Waals surface area (Å²) >= 11 is 1.98. The third-order valence-corrected chi connectivity index (χ3v) is 3.83. The molecule has 6 nitrogen and oxygen atoms in total. The Balaban J connectivity index is 2.34. The van der Waals surface area contributed by atoms with Crippen molar-refractivity contribution in [2.75, 3.05) is 5.43 Å². The molecule has 1 aromatic carbocycles. The van der Waals surface area contributed by atoms with E-state index in [9.17, 15) is 14.9 Å². The van der Waals surface area contributed by atoms with Crippen molar-refractivity contribution in [2.24, 2.45) is 0 Å². The van der Waals surface area contributed by atoms with E-state index in [-0.39, 0.29) is 17.2 Å². The van der Waals surface area contributed by atoms with Crippen LogP contribution in [0.5, 0.6) is 0 Å². The van der Waals surface area contributed by atoms with Crippen molar-refractivity contribution < 1.29 is 9.72 Å². The van der Waals surface area contributed by atoms with E-state index in [1.807, 2.05) is 48.6 Å². The number of nitro groups is 1. The van der Waals surface area contributed by atoms with Gasteiger partial charge in [0.2, 0.25) is 0 Å². The summed E-state index contributed by atoms with van der Waals surface area (Å²) in [5.74, 6) is -0.375. The Labute approximate surface area is 129 Å². The first-order valence-electron chi connectivity index (χ1n) is 5.80. The molecule has 1 heterocycles. The lowest BCUT2D eigenvalue weighted by atomic mass is 10.2. The van der Waals surface area contributed by atoms with Crippen LogP contribution in [0.4, 0.5) is 5.69 Å². The van der Waals surface area contributed by atoms with Gasteiger partial charge in [0.05, 0.1) is 10.5 Å². The molecule has 0 atom stereocenters. The highest BCUT2D eigenvalue weighted by molar-refractivity contribution is 14.1. The quantitative estimate of drug-likeness (QED) is 0.501. The van der Waals surface area contributed by atoms with Gasteiger partial charge in [-0.1, -0.05) is 0 Å². The minimum atomic E-state index is -0.515. The predicted molar refractivity (Wildman–Crippen MR) is 83.4 cm³/mol. The second kappa shape index (κ2) is 5.61. The number of benzene rings is 1. The molecule has 0 spiro atoms. The fraction of sp³-hybridized carbons (Fsp3) is 0.154. The molecule has 0 radical (unpaired) electrons. The van der Waals surface area contributed by atoms with Gasteiger partial charge in [0.25, 0.3) is 11.6 Å². The van der Waals surface area contributed by atoms with Gasteiger partial charge >= 0.3 is 0 Å². The maximum Gasteiger partial charge on any atom is 0.271 e. The lowest BCUT2D eigenvalue weighted by molar-refractivity contribution is -0.384. The highest BCUT2D eigenvalue weighted by Gasteiger charge is 2.16. The van der Waals surface area contributed by atoms with E-state index < -0.39 is 4.92 Å². The average molecular weight is 385 g/mol. The first-order chi connectivity index (χ1) is 9.40.